The number of nitrogens with zero attached hydrogens (tertiary/aromatic N) is 2. The first-order chi connectivity index (χ1) is 12.2. The highest BCUT2D eigenvalue weighted by Crippen LogP contribution is 2.38. The van der Waals surface area contributed by atoms with Gasteiger partial charge in [-0.05, 0) is 66.6 Å². The van der Waals surface area contributed by atoms with Crippen LogP contribution in [0.1, 0.15) is 48.9 Å². The molecule has 4 nitrogen and oxygen atoms in total. The van der Waals surface area contributed by atoms with Crippen LogP contribution in [0.3, 0.4) is 0 Å². The molecule has 2 aliphatic rings. The number of aromatic nitrogens is 1. The van der Waals surface area contributed by atoms with Gasteiger partial charge in [-0.3, -0.25) is 9.78 Å². The van der Waals surface area contributed by atoms with Crippen LogP contribution in [0.4, 0.5) is 5.69 Å². The Morgan fingerprint density at radius 3 is 2.96 bits per heavy atom. The molecule has 1 aliphatic heterocycles. The van der Waals surface area contributed by atoms with Crippen LogP contribution in [-0.2, 0) is 17.6 Å². The maximum Gasteiger partial charge on any atom is 0.227 e. The van der Waals surface area contributed by atoms with Crippen LogP contribution >= 0.6 is 0 Å². The summed E-state index contributed by atoms with van der Waals surface area (Å²) in [5.74, 6) is 0.201. The summed E-state index contributed by atoms with van der Waals surface area (Å²) < 4.78 is 0. The molecule has 0 fully saturated rings. The molecule has 0 saturated heterocycles. The van der Waals surface area contributed by atoms with Gasteiger partial charge in [0.2, 0.25) is 5.91 Å². The predicted molar refractivity (Wildman–Crippen MR) is 101 cm³/mol. The predicted octanol–water partition coefficient (Wildman–Crippen LogP) is 3.64. The largest absolute Gasteiger partial charge is 0.315 e. The first kappa shape index (κ1) is 16.3. The van der Waals surface area contributed by atoms with Crippen molar-refractivity contribution in [3.05, 3.63) is 47.3 Å². The first-order valence-electron chi connectivity index (χ1n) is 9.29. The maximum atomic E-state index is 11.9. The van der Waals surface area contributed by atoms with Crippen molar-refractivity contribution in [3.63, 3.8) is 0 Å². The van der Waals surface area contributed by atoms with E-state index in [0.29, 0.717) is 12.5 Å². The lowest BCUT2D eigenvalue weighted by atomic mass is 9.94. The van der Waals surface area contributed by atoms with Crippen molar-refractivity contribution in [3.8, 4) is 11.1 Å². The summed E-state index contributed by atoms with van der Waals surface area (Å²) in [5, 5.41) is 3.64. The van der Waals surface area contributed by atoms with Crippen molar-refractivity contribution >= 4 is 11.6 Å². The zero-order valence-electron chi connectivity index (χ0n) is 15.0. The van der Waals surface area contributed by atoms with Crippen LogP contribution in [0.15, 0.2) is 30.6 Å². The second-order valence-electron chi connectivity index (χ2n) is 7.10. The highest BCUT2D eigenvalue weighted by atomic mass is 16.2. The third kappa shape index (κ3) is 2.85. The van der Waals surface area contributed by atoms with E-state index < -0.39 is 0 Å². The molecule has 0 spiro atoms. The molecular weight excluding hydrogens is 310 g/mol. The average molecular weight is 335 g/mol. The number of nitrogens with one attached hydrogen (secondary N) is 1. The Balaban J connectivity index is 1.70. The molecule has 25 heavy (non-hydrogen) atoms. The summed E-state index contributed by atoms with van der Waals surface area (Å²) >= 11 is 0. The van der Waals surface area contributed by atoms with Crippen LogP contribution in [0.25, 0.3) is 11.1 Å². The smallest absolute Gasteiger partial charge is 0.227 e. The van der Waals surface area contributed by atoms with Gasteiger partial charge in [0.1, 0.15) is 0 Å². The molecule has 1 amide bonds. The minimum atomic E-state index is 0.201. The number of carbonyl (C=O) groups excluding carboxylic acids is 1. The Labute approximate surface area is 149 Å². The fraction of sp³-hybridized carbons (Fsp3) is 0.429. The molecular formula is C21H25N3O. The summed E-state index contributed by atoms with van der Waals surface area (Å²) in [5.41, 5.74) is 7.57. The molecule has 1 aromatic heterocycles. The van der Waals surface area contributed by atoms with Gasteiger partial charge in [0.05, 0.1) is 0 Å². The summed E-state index contributed by atoms with van der Waals surface area (Å²) in [7, 11) is 1.87. The van der Waals surface area contributed by atoms with Gasteiger partial charge in [-0.2, -0.15) is 0 Å². The molecule has 4 rings (SSSR count). The van der Waals surface area contributed by atoms with E-state index in [1.165, 1.54) is 27.8 Å². The van der Waals surface area contributed by atoms with Crippen LogP contribution in [0.2, 0.25) is 0 Å². The average Bonchev–Trinajstić information content (AvgIpc) is 3.06. The second kappa shape index (κ2) is 6.60. The van der Waals surface area contributed by atoms with Gasteiger partial charge in [-0.1, -0.05) is 13.0 Å². The molecule has 1 aromatic carbocycles. The van der Waals surface area contributed by atoms with Crippen molar-refractivity contribution in [1.29, 1.82) is 0 Å². The third-order valence-electron chi connectivity index (χ3n) is 5.52. The Morgan fingerprint density at radius 2 is 2.12 bits per heavy atom. The van der Waals surface area contributed by atoms with E-state index in [4.69, 9.17) is 0 Å². The summed E-state index contributed by atoms with van der Waals surface area (Å²) in [6.45, 7) is 3.25. The van der Waals surface area contributed by atoms with Crippen LogP contribution < -0.4 is 10.2 Å². The van der Waals surface area contributed by atoms with E-state index in [-0.39, 0.29) is 5.91 Å². The second-order valence-corrected chi connectivity index (χ2v) is 7.10. The molecule has 0 bridgehead atoms. The monoisotopic (exact) mass is 335 g/mol. The minimum absolute atomic E-state index is 0.201. The fourth-order valence-electron chi connectivity index (χ4n) is 4.13. The standard InChI is InChI=1S/C21H25N3O/c1-3-10-23-19-7-6-16-17(12-22-13-18(16)19)14-4-8-20-15(11-14)5-9-21(25)24(20)2/h4,8,11-13,19,23H,3,5-7,9-10H2,1-2H3/t19-/m0/s1. The number of aryl methyl sites for hydroxylation is 1. The normalized spacial score (nSPS) is 19.0. The maximum absolute atomic E-state index is 11.9. The third-order valence-corrected chi connectivity index (χ3v) is 5.52. The Morgan fingerprint density at radius 1 is 1.24 bits per heavy atom. The van der Waals surface area contributed by atoms with Crippen molar-refractivity contribution in [1.82, 2.24) is 10.3 Å². The summed E-state index contributed by atoms with van der Waals surface area (Å²) in [4.78, 5) is 18.2. The summed E-state index contributed by atoms with van der Waals surface area (Å²) in [6.07, 6.45) is 8.86. The van der Waals surface area contributed by atoms with Crippen LogP contribution in [0, 0.1) is 0 Å². The number of hydrogen-bond acceptors (Lipinski definition) is 3. The SMILES string of the molecule is CCCN[C@H]1CCc2c(-c3ccc4c(c3)CCC(=O)N4C)cncc21. The highest BCUT2D eigenvalue weighted by Gasteiger charge is 2.26. The van der Waals surface area contributed by atoms with Crippen molar-refractivity contribution in [2.75, 3.05) is 18.5 Å². The minimum Gasteiger partial charge on any atom is -0.315 e. The molecule has 0 unspecified atom stereocenters. The fourth-order valence-corrected chi connectivity index (χ4v) is 4.13. The molecule has 4 heteroatoms. The van der Waals surface area contributed by atoms with Gasteiger partial charge in [-0.25, -0.2) is 0 Å². The molecule has 1 N–H and O–H groups in total. The number of rotatable bonds is 4. The first-order valence-corrected chi connectivity index (χ1v) is 9.29. The number of fused-ring (bicyclic) bond motifs is 2. The van der Waals surface area contributed by atoms with E-state index in [2.05, 4.69) is 35.4 Å². The lowest BCUT2D eigenvalue weighted by molar-refractivity contribution is -0.118. The molecule has 130 valence electrons. The molecule has 1 atom stereocenters. The molecule has 0 saturated carbocycles. The van der Waals surface area contributed by atoms with Gasteiger partial charge in [0, 0.05) is 43.2 Å². The number of anilines is 1. The lowest BCUT2D eigenvalue weighted by Crippen LogP contribution is -2.30. The topological polar surface area (TPSA) is 45.2 Å². The van der Waals surface area contributed by atoms with Gasteiger partial charge < -0.3 is 10.2 Å². The molecule has 2 heterocycles. The van der Waals surface area contributed by atoms with Gasteiger partial charge >= 0.3 is 0 Å². The van der Waals surface area contributed by atoms with Gasteiger partial charge in [0.25, 0.3) is 0 Å². The van der Waals surface area contributed by atoms with Crippen LogP contribution in [0.5, 0.6) is 0 Å². The number of pyridine rings is 1. The van der Waals surface area contributed by atoms with Gasteiger partial charge in [0.15, 0.2) is 0 Å². The Bertz CT molecular complexity index is 815. The van der Waals surface area contributed by atoms with E-state index in [1.54, 1.807) is 4.90 Å². The summed E-state index contributed by atoms with van der Waals surface area (Å²) in [6, 6.07) is 6.91. The number of amides is 1. The van der Waals surface area contributed by atoms with Crippen molar-refractivity contribution in [2.24, 2.45) is 0 Å². The lowest BCUT2D eigenvalue weighted by Gasteiger charge is -2.26. The van der Waals surface area contributed by atoms with E-state index in [1.807, 2.05) is 19.4 Å². The number of benzene rings is 1. The molecule has 0 radical (unpaired) electrons. The highest BCUT2D eigenvalue weighted by molar-refractivity contribution is 5.96. The zero-order valence-corrected chi connectivity index (χ0v) is 15.0. The van der Waals surface area contributed by atoms with E-state index in [9.17, 15) is 4.79 Å². The van der Waals surface area contributed by atoms with Crippen LogP contribution in [-0.4, -0.2) is 24.5 Å². The Kier molecular flexibility index (Phi) is 4.30. The quantitative estimate of drug-likeness (QED) is 0.928. The van der Waals surface area contributed by atoms with Crippen molar-refractivity contribution < 1.29 is 4.79 Å². The van der Waals surface area contributed by atoms with Crippen molar-refractivity contribution in [2.45, 2.75) is 45.1 Å². The molecule has 2 aromatic rings. The van der Waals surface area contributed by atoms with E-state index >= 15 is 0 Å². The van der Waals surface area contributed by atoms with Gasteiger partial charge in [-0.15, -0.1) is 0 Å². The number of hydrogen-bond donors (Lipinski definition) is 1. The number of carbonyl (C=O) groups is 1. The Hall–Kier alpha value is -2.20. The zero-order chi connectivity index (χ0) is 17.4. The molecule has 1 aliphatic carbocycles. The van der Waals surface area contributed by atoms with E-state index in [0.717, 1.165) is 37.9 Å².